The van der Waals surface area contributed by atoms with Gasteiger partial charge in [0.05, 0.1) is 17.4 Å². The number of para-hydroxylation sites is 1. The normalized spacial score (nSPS) is 10.6. The molecule has 3 aromatic rings. The summed E-state index contributed by atoms with van der Waals surface area (Å²) in [5.41, 5.74) is 0.960. The molecule has 2 N–H and O–H groups in total. The van der Waals surface area contributed by atoms with Gasteiger partial charge in [-0.3, -0.25) is 14.4 Å². The predicted octanol–water partition coefficient (Wildman–Crippen LogP) is 2.61. The predicted molar refractivity (Wildman–Crippen MR) is 108 cm³/mol. The molecule has 8 heteroatoms. The molecule has 0 unspecified atom stereocenters. The number of rotatable bonds is 6. The molecule has 28 heavy (non-hydrogen) atoms. The Bertz CT molecular complexity index is 1060. The van der Waals surface area contributed by atoms with E-state index in [1.54, 1.807) is 55.6 Å². The highest BCUT2D eigenvalue weighted by atomic mass is 35.5. The standard InChI is InChI=1S/C20H19ClN4O3/c1-25(12-18(26)22-14-8-6-13(21)7-9-14)19(27)11-10-17-23-16-5-3-2-4-15(16)20(28)24-17/h2-9H,10-12H2,1H3,(H,22,26)(H,23,24,28). The van der Waals surface area contributed by atoms with Crippen molar-refractivity contribution < 1.29 is 9.59 Å². The molecule has 0 radical (unpaired) electrons. The van der Waals surface area contributed by atoms with Crippen LogP contribution in [0.2, 0.25) is 5.02 Å². The van der Waals surface area contributed by atoms with Crippen molar-refractivity contribution in [2.24, 2.45) is 0 Å². The average molecular weight is 399 g/mol. The fourth-order valence-corrected chi connectivity index (χ4v) is 2.83. The minimum absolute atomic E-state index is 0.0802. The lowest BCUT2D eigenvalue weighted by Crippen LogP contribution is -2.35. The maximum atomic E-state index is 12.3. The van der Waals surface area contributed by atoms with Gasteiger partial charge in [-0.1, -0.05) is 23.7 Å². The number of anilines is 1. The molecule has 0 atom stereocenters. The monoisotopic (exact) mass is 398 g/mol. The van der Waals surface area contributed by atoms with E-state index in [1.165, 1.54) is 4.90 Å². The van der Waals surface area contributed by atoms with Crippen LogP contribution < -0.4 is 10.9 Å². The van der Waals surface area contributed by atoms with Crippen LogP contribution in [0.3, 0.4) is 0 Å². The highest BCUT2D eigenvalue weighted by molar-refractivity contribution is 6.30. The Morgan fingerprint density at radius 1 is 1.14 bits per heavy atom. The molecule has 7 nitrogen and oxygen atoms in total. The quantitative estimate of drug-likeness (QED) is 0.667. The van der Waals surface area contributed by atoms with Gasteiger partial charge in [0.25, 0.3) is 5.56 Å². The number of nitrogens with zero attached hydrogens (tertiary/aromatic N) is 2. The Balaban J connectivity index is 1.55. The fraction of sp³-hybridized carbons (Fsp3) is 0.200. The number of hydrogen-bond acceptors (Lipinski definition) is 4. The van der Waals surface area contributed by atoms with Crippen LogP contribution >= 0.6 is 11.6 Å². The van der Waals surface area contributed by atoms with Gasteiger partial charge in [-0.15, -0.1) is 0 Å². The number of amides is 2. The largest absolute Gasteiger partial charge is 0.336 e. The topological polar surface area (TPSA) is 95.2 Å². The number of aromatic nitrogens is 2. The molecule has 0 saturated heterocycles. The van der Waals surface area contributed by atoms with Gasteiger partial charge in [0.2, 0.25) is 11.8 Å². The van der Waals surface area contributed by atoms with E-state index in [-0.39, 0.29) is 36.8 Å². The zero-order valence-electron chi connectivity index (χ0n) is 15.2. The Labute approximate surface area is 166 Å². The van der Waals surface area contributed by atoms with Crippen molar-refractivity contribution in [1.82, 2.24) is 14.9 Å². The first-order chi connectivity index (χ1) is 13.4. The van der Waals surface area contributed by atoms with Crippen LogP contribution in [-0.4, -0.2) is 40.3 Å². The number of H-pyrrole nitrogens is 1. The first-order valence-electron chi connectivity index (χ1n) is 8.69. The lowest BCUT2D eigenvalue weighted by Gasteiger charge is -2.16. The van der Waals surface area contributed by atoms with Gasteiger partial charge in [-0.05, 0) is 36.4 Å². The molecule has 0 fully saturated rings. The molecule has 0 aliphatic carbocycles. The van der Waals surface area contributed by atoms with E-state index < -0.39 is 0 Å². The minimum atomic E-state index is -0.310. The van der Waals surface area contributed by atoms with Gasteiger partial charge in [0, 0.05) is 30.6 Å². The Kier molecular flexibility index (Phi) is 6.06. The summed E-state index contributed by atoms with van der Waals surface area (Å²) < 4.78 is 0. The molecule has 3 rings (SSSR count). The summed E-state index contributed by atoms with van der Waals surface area (Å²) in [7, 11) is 1.56. The lowest BCUT2D eigenvalue weighted by atomic mass is 10.2. The third-order valence-corrected chi connectivity index (χ3v) is 4.42. The summed E-state index contributed by atoms with van der Waals surface area (Å²) in [6.07, 6.45) is 0.411. The summed E-state index contributed by atoms with van der Waals surface area (Å²) in [5.74, 6) is -0.0893. The van der Waals surface area contributed by atoms with Gasteiger partial charge in [0.1, 0.15) is 5.82 Å². The van der Waals surface area contributed by atoms with Crippen molar-refractivity contribution in [3.8, 4) is 0 Å². The summed E-state index contributed by atoms with van der Waals surface area (Å²) in [5, 5.41) is 3.79. The molecule has 0 aliphatic heterocycles. The van der Waals surface area contributed by atoms with Gasteiger partial charge in [0.15, 0.2) is 0 Å². The number of carbonyl (C=O) groups is 2. The number of fused-ring (bicyclic) bond motifs is 1. The molecular formula is C20H19ClN4O3. The lowest BCUT2D eigenvalue weighted by molar-refractivity contribution is -0.133. The van der Waals surface area contributed by atoms with E-state index in [1.807, 2.05) is 0 Å². The van der Waals surface area contributed by atoms with Gasteiger partial charge in [-0.25, -0.2) is 4.98 Å². The zero-order chi connectivity index (χ0) is 20.1. The summed E-state index contributed by atoms with van der Waals surface area (Å²) in [6, 6.07) is 13.7. The van der Waals surface area contributed by atoms with Crippen LogP contribution in [0.4, 0.5) is 5.69 Å². The van der Waals surface area contributed by atoms with Crippen LogP contribution in [0.1, 0.15) is 12.2 Å². The van der Waals surface area contributed by atoms with Crippen molar-refractivity contribution in [2.75, 3.05) is 18.9 Å². The van der Waals surface area contributed by atoms with Crippen molar-refractivity contribution in [3.05, 3.63) is 69.7 Å². The van der Waals surface area contributed by atoms with Crippen molar-refractivity contribution in [3.63, 3.8) is 0 Å². The second kappa shape index (κ2) is 8.67. The van der Waals surface area contributed by atoms with Crippen LogP contribution in [0.5, 0.6) is 0 Å². The van der Waals surface area contributed by atoms with Crippen LogP contribution in [0.15, 0.2) is 53.3 Å². The smallest absolute Gasteiger partial charge is 0.258 e. The third kappa shape index (κ3) is 4.95. The molecule has 2 amide bonds. The van der Waals surface area contributed by atoms with E-state index >= 15 is 0 Å². The molecular weight excluding hydrogens is 380 g/mol. The van der Waals surface area contributed by atoms with E-state index in [9.17, 15) is 14.4 Å². The number of halogens is 1. The second-order valence-corrected chi connectivity index (χ2v) is 6.77. The van der Waals surface area contributed by atoms with Gasteiger partial charge < -0.3 is 15.2 Å². The SMILES string of the molecule is CN(CC(=O)Nc1ccc(Cl)cc1)C(=O)CCc1nc2ccccc2c(=O)[nH]1. The molecule has 144 valence electrons. The van der Waals surface area contributed by atoms with Crippen molar-refractivity contribution >= 4 is 40.0 Å². The van der Waals surface area contributed by atoms with E-state index in [4.69, 9.17) is 11.6 Å². The number of nitrogens with one attached hydrogen (secondary N) is 2. The second-order valence-electron chi connectivity index (χ2n) is 6.33. The number of carbonyl (C=O) groups excluding carboxylic acids is 2. The molecule has 0 bridgehead atoms. The minimum Gasteiger partial charge on any atom is -0.336 e. The average Bonchev–Trinajstić information content (AvgIpc) is 2.68. The Hall–Kier alpha value is -3.19. The Morgan fingerprint density at radius 2 is 1.86 bits per heavy atom. The van der Waals surface area contributed by atoms with Crippen LogP contribution in [-0.2, 0) is 16.0 Å². The number of aromatic amines is 1. The van der Waals surface area contributed by atoms with Crippen molar-refractivity contribution in [1.29, 1.82) is 0 Å². The maximum absolute atomic E-state index is 12.3. The van der Waals surface area contributed by atoms with E-state index in [2.05, 4.69) is 15.3 Å². The molecule has 0 spiro atoms. The summed E-state index contributed by atoms with van der Waals surface area (Å²) >= 11 is 5.81. The molecule has 0 aliphatic rings. The first-order valence-corrected chi connectivity index (χ1v) is 9.07. The van der Waals surface area contributed by atoms with E-state index in [0.29, 0.717) is 27.4 Å². The summed E-state index contributed by atoms with van der Waals surface area (Å²) in [4.78, 5) is 44.9. The maximum Gasteiger partial charge on any atom is 0.258 e. The molecule has 1 heterocycles. The number of hydrogen-bond donors (Lipinski definition) is 2. The number of aryl methyl sites for hydroxylation is 1. The zero-order valence-corrected chi connectivity index (χ0v) is 16.0. The fourth-order valence-electron chi connectivity index (χ4n) is 2.71. The highest BCUT2D eigenvalue weighted by Crippen LogP contribution is 2.13. The molecule has 1 aromatic heterocycles. The van der Waals surface area contributed by atoms with Gasteiger partial charge >= 0.3 is 0 Å². The van der Waals surface area contributed by atoms with Crippen LogP contribution in [0, 0.1) is 0 Å². The number of likely N-dealkylation sites (N-methyl/N-ethyl adjacent to an activating group) is 1. The van der Waals surface area contributed by atoms with E-state index in [0.717, 1.165) is 0 Å². The van der Waals surface area contributed by atoms with Gasteiger partial charge in [-0.2, -0.15) is 0 Å². The molecule has 2 aromatic carbocycles. The van der Waals surface area contributed by atoms with Crippen molar-refractivity contribution in [2.45, 2.75) is 12.8 Å². The Morgan fingerprint density at radius 3 is 2.61 bits per heavy atom. The summed E-state index contributed by atoms with van der Waals surface area (Å²) in [6.45, 7) is -0.0802. The number of benzene rings is 2. The highest BCUT2D eigenvalue weighted by Gasteiger charge is 2.14. The van der Waals surface area contributed by atoms with Crippen LogP contribution in [0.25, 0.3) is 10.9 Å². The third-order valence-electron chi connectivity index (χ3n) is 4.17. The first kappa shape index (κ1) is 19.6. The molecule has 0 saturated carbocycles.